The number of alkyl halides is 1. The predicted octanol–water partition coefficient (Wildman–Crippen LogP) is 3.54. The lowest BCUT2D eigenvalue weighted by molar-refractivity contribution is -0.231. The smallest absolute Gasteiger partial charge is 0.193 e. The van der Waals surface area contributed by atoms with E-state index in [0.29, 0.717) is 35.0 Å². The largest absolute Gasteiger partial charge is 0.390 e. The van der Waals surface area contributed by atoms with Crippen molar-refractivity contribution >= 4 is 27.5 Å². The van der Waals surface area contributed by atoms with E-state index >= 15 is 4.39 Å². The standard InChI is InChI=1S/C27H29BrFNO6/c1-24-8-7-15(32)10-14(24)5-6-17-18-11-21-27(20(34)13-31,25(18,2)12-19(33)26(17,24)29)36-23(35-21)16-4-3-9-30-22(16)28/h3-4,7-10,17-19,21,23,31,33H,5-6,11-13H2,1-2H3/t17-,18-,19-,21+,23?,24-,25-,26-,27+/m0/s1. The molecule has 1 unspecified atom stereocenters. The van der Waals surface area contributed by atoms with Crippen LogP contribution in [0.4, 0.5) is 4.39 Å². The van der Waals surface area contributed by atoms with Gasteiger partial charge < -0.3 is 19.7 Å². The van der Waals surface area contributed by atoms with E-state index in [-0.39, 0.29) is 18.1 Å². The summed E-state index contributed by atoms with van der Waals surface area (Å²) < 4.78 is 30.7. The first-order valence-corrected chi connectivity index (χ1v) is 13.2. The minimum absolute atomic E-state index is 0.0398. The van der Waals surface area contributed by atoms with E-state index < -0.39 is 58.9 Å². The molecule has 2 N–H and O–H groups in total. The molecule has 1 aromatic heterocycles. The molecule has 192 valence electrons. The molecule has 9 heteroatoms. The van der Waals surface area contributed by atoms with Crippen LogP contribution in [0.2, 0.25) is 0 Å². The first-order valence-electron chi connectivity index (χ1n) is 12.4. The number of hydrogen-bond acceptors (Lipinski definition) is 7. The zero-order valence-electron chi connectivity index (χ0n) is 20.1. The summed E-state index contributed by atoms with van der Waals surface area (Å²) in [5.74, 6) is -1.62. The molecule has 3 saturated carbocycles. The molecule has 0 bridgehead atoms. The molecule has 36 heavy (non-hydrogen) atoms. The van der Waals surface area contributed by atoms with Crippen molar-refractivity contribution in [2.75, 3.05) is 6.61 Å². The number of Topliss-reactive ketones (excluding diaryl/α,β-unsaturated/α-hetero) is 1. The predicted molar refractivity (Wildman–Crippen MR) is 129 cm³/mol. The quantitative estimate of drug-likeness (QED) is 0.543. The van der Waals surface area contributed by atoms with Crippen LogP contribution in [0.3, 0.4) is 0 Å². The Kier molecular flexibility index (Phi) is 5.36. The summed E-state index contributed by atoms with van der Waals surface area (Å²) in [6, 6.07) is 3.53. The third kappa shape index (κ3) is 2.78. The number of ketones is 2. The van der Waals surface area contributed by atoms with Crippen molar-refractivity contribution in [1.29, 1.82) is 0 Å². The van der Waals surface area contributed by atoms with Crippen molar-refractivity contribution in [2.24, 2.45) is 22.7 Å². The van der Waals surface area contributed by atoms with Gasteiger partial charge in [-0.25, -0.2) is 9.37 Å². The Bertz CT molecular complexity index is 1220. The van der Waals surface area contributed by atoms with E-state index in [2.05, 4.69) is 20.9 Å². The highest BCUT2D eigenvalue weighted by Gasteiger charge is 2.79. The second kappa shape index (κ2) is 7.86. The van der Waals surface area contributed by atoms with Crippen LogP contribution in [-0.2, 0) is 19.1 Å². The third-order valence-corrected chi connectivity index (χ3v) is 10.6. The lowest BCUT2D eigenvalue weighted by Crippen LogP contribution is -2.69. The number of ether oxygens (including phenoxy) is 2. The molecule has 9 atom stereocenters. The first kappa shape index (κ1) is 24.6. The van der Waals surface area contributed by atoms with Gasteiger partial charge in [-0.1, -0.05) is 18.6 Å². The van der Waals surface area contributed by atoms with Crippen LogP contribution in [0.15, 0.2) is 46.7 Å². The summed E-state index contributed by atoms with van der Waals surface area (Å²) >= 11 is 3.41. The fourth-order valence-electron chi connectivity index (χ4n) is 8.29. The third-order valence-electron chi connectivity index (χ3n) is 9.98. The van der Waals surface area contributed by atoms with E-state index in [1.165, 1.54) is 12.2 Å². The van der Waals surface area contributed by atoms with Crippen molar-refractivity contribution in [3.8, 4) is 0 Å². The number of hydrogen-bond donors (Lipinski definition) is 2. The van der Waals surface area contributed by atoms with Crippen LogP contribution >= 0.6 is 15.9 Å². The van der Waals surface area contributed by atoms with Crippen LogP contribution in [-0.4, -0.2) is 56.8 Å². The monoisotopic (exact) mass is 561 g/mol. The van der Waals surface area contributed by atoms with Gasteiger partial charge in [0.2, 0.25) is 0 Å². The van der Waals surface area contributed by atoms with Gasteiger partial charge in [-0.3, -0.25) is 9.59 Å². The van der Waals surface area contributed by atoms with E-state index in [0.717, 1.165) is 0 Å². The Morgan fingerprint density at radius 3 is 2.83 bits per heavy atom. The number of nitrogens with zero attached hydrogens (tertiary/aromatic N) is 1. The SMILES string of the molecule is C[C@]12C=CC(=O)C=C1CC[C@H]1[C@@H]3C[C@H]4OC(c5cccnc5Br)O[C@@]4(C(=O)CO)[C@@]3(C)C[C@H](O)[C@@]12F. The Hall–Kier alpha value is -1.78. The molecule has 2 heterocycles. The Morgan fingerprint density at radius 1 is 1.33 bits per heavy atom. The molecule has 4 aliphatic carbocycles. The molecule has 5 aliphatic rings. The number of carbonyl (C=O) groups is 2. The van der Waals surface area contributed by atoms with Crippen molar-refractivity contribution in [1.82, 2.24) is 4.98 Å². The minimum atomic E-state index is -2.02. The van der Waals surface area contributed by atoms with Gasteiger partial charge in [0.1, 0.15) is 11.2 Å². The first-order chi connectivity index (χ1) is 17.0. The van der Waals surface area contributed by atoms with Gasteiger partial charge in [0.05, 0.1) is 12.2 Å². The molecule has 0 aromatic carbocycles. The molecular formula is C27H29BrFNO6. The fourth-order valence-corrected chi connectivity index (χ4v) is 8.72. The van der Waals surface area contributed by atoms with Crippen molar-refractivity contribution in [2.45, 2.75) is 69.3 Å². The Morgan fingerprint density at radius 2 is 2.11 bits per heavy atom. The van der Waals surface area contributed by atoms with Gasteiger partial charge in [0.15, 0.2) is 29.1 Å². The van der Waals surface area contributed by atoms with Gasteiger partial charge >= 0.3 is 0 Å². The number of rotatable bonds is 3. The number of aliphatic hydroxyl groups excluding tert-OH is 2. The second-order valence-electron chi connectivity index (χ2n) is 11.3. The van der Waals surface area contributed by atoms with Crippen molar-refractivity contribution in [3.05, 3.63) is 52.3 Å². The molecule has 6 rings (SSSR count). The molecule has 1 aliphatic heterocycles. The number of allylic oxidation sites excluding steroid dienone is 4. The van der Waals surface area contributed by atoms with Crippen molar-refractivity contribution < 1.29 is 33.7 Å². The summed E-state index contributed by atoms with van der Waals surface area (Å²) in [5, 5.41) is 21.6. The maximum absolute atomic E-state index is 17.4. The molecule has 0 amide bonds. The summed E-state index contributed by atoms with van der Waals surface area (Å²) in [4.78, 5) is 29.8. The highest BCUT2D eigenvalue weighted by molar-refractivity contribution is 9.10. The molecular weight excluding hydrogens is 533 g/mol. The Balaban J connectivity index is 1.44. The normalized spacial score (nSPS) is 47.0. The van der Waals surface area contributed by atoms with E-state index in [4.69, 9.17) is 9.47 Å². The van der Waals surface area contributed by atoms with Gasteiger partial charge in [-0.2, -0.15) is 0 Å². The highest BCUT2D eigenvalue weighted by Crippen LogP contribution is 2.72. The summed E-state index contributed by atoms with van der Waals surface area (Å²) in [5.41, 5.74) is -4.35. The van der Waals surface area contributed by atoms with Crippen LogP contribution in [0.25, 0.3) is 0 Å². The van der Waals surface area contributed by atoms with E-state index in [9.17, 15) is 19.8 Å². The number of carbonyl (C=O) groups excluding carboxylic acids is 2. The fraction of sp³-hybridized carbons (Fsp3) is 0.593. The molecule has 0 spiro atoms. The van der Waals surface area contributed by atoms with Gasteiger partial charge in [-0.05, 0) is 78.7 Å². The van der Waals surface area contributed by atoms with Gasteiger partial charge in [-0.15, -0.1) is 0 Å². The number of halogens is 2. The second-order valence-corrected chi connectivity index (χ2v) is 12.0. The van der Waals surface area contributed by atoms with Crippen LogP contribution in [0, 0.1) is 22.7 Å². The number of aliphatic hydroxyl groups is 2. The number of fused-ring (bicyclic) bond motifs is 7. The Labute approximate surface area is 216 Å². The van der Waals surface area contributed by atoms with Crippen molar-refractivity contribution in [3.63, 3.8) is 0 Å². The van der Waals surface area contributed by atoms with Crippen LogP contribution in [0.1, 0.15) is 51.4 Å². The molecule has 0 radical (unpaired) electrons. The molecule has 1 saturated heterocycles. The van der Waals surface area contributed by atoms with Crippen LogP contribution in [0.5, 0.6) is 0 Å². The molecule has 7 nitrogen and oxygen atoms in total. The average Bonchev–Trinajstić information content (AvgIpc) is 3.34. The lowest BCUT2D eigenvalue weighted by atomic mass is 9.44. The summed E-state index contributed by atoms with van der Waals surface area (Å²) in [7, 11) is 0. The maximum Gasteiger partial charge on any atom is 0.193 e. The molecule has 4 fully saturated rings. The van der Waals surface area contributed by atoms with E-state index in [1.807, 2.05) is 6.92 Å². The average molecular weight is 562 g/mol. The van der Waals surface area contributed by atoms with Crippen LogP contribution < -0.4 is 0 Å². The maximum atomic E-state index is 17.4. The lowest BCUT2D eigenvalue weighted by Gasteiger charge is -2.62. The summed E-state index contributed by atoms with van der Waals surface area (Å²) in [6.45, 7) is 2.87. The number of aromatic nitrogens is 1. The highest BCUT2D eigenvalue weighted by atomic mass is 79.9. The van der Waals surface area contributed by atoms with E-state index in [1.54, 1.807) is 31.3 Å². The van der Waals surface area contributed by atoms with Gasteiger partial charge in [0.25, 0.3) is 0 Å². The number of pyridine rings is 1. The zero-order chi connectivity index (χ0) is 25.7. The topological polar surface area (TPSA) is 106 Å². The zero-order valence-corrected chi connectivity index (χ0v) is 21.7. The molecule has 1 aromatic rings. The van der Waals surface area contributed by atoms with Gasteiger partial charge in [0, 0.05) is 28.5 Å². The summed E-state index contributed by atoms with van der Waals surface area (Å²) in [6.07, 6.45) is 4.37. The minimum Gasteiger partial charge on any atom is -0.390 e.